The molecule has 1 aliphatic rings. The summed E-state index contributed by atoms with van der Waals surface area (Å²) < 4.78 is 0. The molecule has 2 heteroatoms. The summed E-state index contributed by atoms with van der Waals surface area (Å²) in [5.74, 6) is 0.229. The Morgan fingerprint density at radius 3 is 2.67 bits per heavy atom. The maximum atomic E-state index is 11.8. The lowest BCUT2D eigenvalue weighted by atomic mass is 9.85. The summed E-state index contributed by atoms with van der Waals surface area (Å²) >= 11 is 0. The molecule has 0 aromatic heterocycles. The first-order chi connectivity index (χ1) is 5.55. The second-order valence-corrected chi connectivity index (χ2v) is 3.86. The van der Waals surface area contributed by atoms with Crippen LogP contribution < -0.4 is 0 Å². The van der Waals surface area contributed by atoms with Gasteiger partial charge in [-0.15, -0.1) is 0 Å². The van der Waals surface area contributed by atoms with Gasteiger partial charge in [-0.3, -0.25) is 4.79 Å². The van der Waals surface area contributed by atoms with Gasteiger partial charge >= 0.3 is 0 Å². The van der Waals surface area contributed by atoms with Crippen LogP contribution >= 0.6 is 0 Å². The second kappa shape index (κ2) is 2.92. The van der Waals surface area contributed by atoms with Gasteiger partial charge in [-0.25, -0.2) is 0 Å². The average molecular weight is 167 g/mol. The van der Waals surface area contributed by atoms with E-state index in [9.17, 15) is 4.79 Å². The molecule has 2 nitrogen and oxygen atoms in total. The van der Waals surface area contributed by atoms with E-state index in [-0.39, 0.29) is 11.3 Å². The van der Waals surface area contributed by atoms with Crippen LogP contribution in [-0.2, 0) is 4.79 Å². The van der Waals surface area contributed by atoms with Crippen LogP contribution in [0.3, 0.4) is 0 Å². The Hall–Kier alpha value is -0.790. The van der Waals surface area contributed by atoms with Gasteiger partial charge in [-0.2, -0.15) is 0 Å². The summed E-state index contributed by atoms with van der Waals surface area (Å²) in [6.07, 6.45) is 3.52. The van der Waals surface area contributed by atoms with Crippen molar-refractivity contribution in [1.82, 2.24) is 4.90 Å². The largest absolute Gasteiger partial charge is 0.316 e. The molecule has 0 bridgehead atoms. The number of hydrogen-bond donors (Lipinski definition) is 0. The summed E-state index contributed by atoms with van der Waals surface area (Å²) in [6, 6.07) is 0.319. The highest BCUT2D eigenvalue weighted by Gasteiger charge is 2.44. The molecule has 0 aliphatic carbocycles. The number of hydrogen-bond acceptors (Lipinski definition) is 1. The summed E-state index contributed by atoms with van der Waals surface area (Å²) in [4.78, 5) is 13.5. The van der Waals surface area contributed by atoms with E-state index in [4.69, 9.17) is 0 Å². The van der Waals surface area contributed by atoms with Crippen LogP contribution in [0.15, 0.2) is 12.8 Å². The zero-order chi connectivity index (χ0) is 9.35. The van der Waals surface area contributed by atoms with Crippen molar-refractivity contribution >= 4 is 5.91 Å². The molecule has 1 fully saturated rings. The van der Waals surface area contributed by atoms with Crippen LogP contribution in [0.1, 0.15) is 33.6 Å². The SMILES string of the molecule is C=CN1C(=O)C(C)(CC)CC1C. The van der Waals surface area contributed by atoms with Crippen LogP contribution in [0.2, 0.25) is 0 Å². The van der Waals surface area contributed by atoms with Crippen molar-refractivity contribution in [3.63, 3.8) is 0 Å². The van der Waals surface area contributed by atoms with Crippen molar-refractivity contribution in [2.24, 2.45) is 5.41 Å². The van der Waals surface area contributed by atoms with Crippen LogP contribution in [0.25, 0.3) is 0 Å². The molecule has 2 unspecified atom stereocenters. The molecule has 1 aliphatic heterocycles. The van der Waals surface area contributed by atoms with Crippen molar-refractivity contribution in [1.29, 1.82) is 0 Å². The molecule has 0 N–H and O–H groups in total. The van der Waals surface area contributed by atoms with Crippen LogP contribution in [0.5, 0.6) is 0 Å². The fourth-order valence-corrected chi connectivity index (χ4v) is 1.91. The normalized spacial score (nSPS) is 35.8. The fourth-order valence-electron chi connectivity index (χ4n) is 1.91. The van der Waals surface area contributed by atoms with Crippen LogP contribution in [0, 0.1) is 5.41 Å². The highest BCUT2D eigenvalue weighted by atomic mass is 16.2. The third-order valence-corrected chi connectivity index (χ3v) is 2.95. The first-order valence-electron chi connectivity index (χ1n) is 4.50. The van der Waals surface area contributed by atoms with Crippen molar-refractivity contribution in [3.05, 3.63) is 12.8 Å². The molecule has 2 atom stereocenters. The van der Waals surface area contributed by atoms with Crippen molar-refractivity contribution in [3.8, 4) is 0 Å². The predicted octanol–water partition coefficient (Wildman–Crippen LogP) is 2.17. The smallest absolute Gasteiger partial charge is 0.232 e. The molecule has 0 aromatic carbocycles. The quantitative estimate of drug-likeness (QED) is 0.617. The summed E-state index contributed by atoms with van der Waals surface area (Å²) in [7, 11) is 0. The van der Waals surface area contributed by atoms with Crippen LogP contribution in [0.4, 0.5) is 0 Å². The van der Waals surface area contributed by atoms with E-state index in [0.29, 0.717) is 6.04 Å². The molecule has 0 radical (unpaired) electrons. The Labute approximate surface area is 74.2 Å². The Morgan fingerprint density at radius 2 is 2.42 bits per heavy atom. The van der Waals surface area contributed by atoms with E-state index in [1.807, 2.05) is 6.92 Å². The van der Waals surface area contributed by atoms with E-state index in [1.54, 1.807) is 11.1 Å². The third-order valence-electron chi connectivity index (χ3n) is 2.95. The summed E-state index contributed by atoms with van der Waals surface area (Å²) in [5, 5.41) is 0. The maximum Gasteiger partial charge on any atom is 0.232 e. The molecule has 0 aromatic rings. The average Bonchev–Trinajstić information content (AvgIpc) is 2.25. The van der Waals surface area contributed by atoms with Crippen molar-refractivity contribution in [2.75, 3.05) is 0 Å². The van der Waals surface area contributed by atoms with Gasteiger partial charge in [0, 0.05) is 11.5 Å². The number of rotatable bonds is 2. The minimum atomic E-state index is -0.145. The van der Waals surface area contributed by atoms with Crippen molar-refractivity contribution in [2.45, 2.75) is 39.7 Å². The predicted molar refractivity (Wildman–Crippen MR) is 49.5 cm³/mol. The number of carbonyl (C=O) groups is 1. The monoisotopic (exact) mass is 167 g/mol. The van der Waals surface area contributed by atoms with Gasteiger partial charge in [0.05, 0.1) is 0 Å². The number of carbonyl (C=O) groups excluding carboxylic acids is 1. The third kappa shape index (κ3) is 1.15. The molecule has 1 amide bonds. The van der Waals surface area contributed by atoms with E-state index >= 15 is 0 Å². The van der Waals surface area contributed by atoms with Gasteiger partial charge in [-0.1, -0.05) is 20.4 Å². The Bertz CT molecular complexity index is 212. The molecular weight excluding hydrogens is 150 g/mol. The zero-order valence-corrected chi connectivity index (χ0v) is 8.13. The Balaban J connectivity index is 2.89. The first kappa shape index (κ1) is 9.30. The van der Waals surface area contributed by atoms with Gasteiger partial charge in [0.1, 0.15) is 0 Å². The summed E-state index contributed by atoms with van der Waals surface area (Å²) in [5.41, 5.74) is -0.145. The second-order valence-electron chi connectivity index (χ2n) is 3.86. The van der Waals surface area contributed by atoms with Gasteiger partial charge in [-0.05, 0) is 26.0 Å². The number of amides is 1. The minimum absolute atomic E-state index is 0.145. The standard InChI is InChI=1S/C10H17NO/c1-5-10(4)7-8(3)11(6-2)9(10)12/h6,8H,2,5,7H2,1,3-4H3. The van der Waals surface area contributed by atoms with Crippen LogP contribution in [-0.4, -0.2) is 16.8 Å². The number of likely N-dealkylation sites (tertiary alicyclic amines) is 1. The highest BCUT2D eigenvalue weighted by molar-refractivity contribution is 5.85. The van der Waals surface area contributed by atoms with E-state index in [0.717, 1.165) is 12.8 Å². The fraction of sp³-hybridized carbons (Fsp3) is 0.700. The zero-order valence-electron chi connectivity index (χ0n) is 8.13. The van der Waals surface area contributed by atoms with Gasteiger partial charge in [0.25, 0.3) is 0 Å². The van der Waals surface area contributed by atoms with E-state index < -0.39 is 0 Å². The lowest BCUT2D eigenvalue weighted by molar-refractivity contribution is -0.133. The lowest BCUT2D eigenvalue weighted by Gasteiger charge is -2.19. The summed E-state index contributed by atoms with van der Waals surface area (Å²) in [6.45, 7) is 9.82. The molecule has 1 rings (SSSR count). The lowest BCUT2D eigenvalue weighted by Crippen LogP contribution is -2.30. The topological polar surface area (TPSA) is 20.3 Å². The highest BCUT2D eigenvalue weighted by Crippen LogP contribution is 2.38. The molecule has 1 saturated heterocycles. The molecule has 68 valence electrons. The Kier molecular flexibility index (Phi) is 2.27. The molecule has 12 heavy (non-hydrogen) atoms. The minimum Gasteiger partial charge on any atom is -0.316 e. The number of nitrogens with zero attached hydrogens (tertiary/aromatic N) is 1. The van der Waals surface area contributed by atoms with E-state index in [1.165, 1.54) is 0 Å². The van der Waals surface area contributed by atoms with Crippen molar-refractivity contribution < 1.29 is 4.79 Å². The van der Waals surface area contributed by atoms with Gasteiger partial charge < -0.3 is 4.90 Å². The molecule has 0 saturated carbocycles. The van der Waals surface area contributed by atoms with Gasteiger partial charge in [0.15, 0.2) is 0 Å². The molecule has 0 spiro atoms. The van der Waals surface area contributed by atoms with E-state index in [2.05, 4.69) is 20.4 Å². The Morgan fingerprint density at radius 1 is 1.83 bits per heavy atom. The maximum absolute atomic E-state index is 11.8. The molecular formula is C10H17NO. The molecule has 1 heterocycles. The van der Waals surface area contributed by atoms with Gasteiger partial charge in [0.2, 0.25) is 5.91 Å². The first-order valence-corrected chi connectivity index (χ1v) is 4.50.